The molecule has 0 amide bonds. The fourth-order valence-corrected chi connectivity index (χ4v) is 1.71. The number of nitrogens with zero attached hydrogens (tertiary/aromatic N) is 2. The van der Waals surface area contributed by atoms with Gasteiger partial charge in [-0.05, 0) is 17.8 Å². The molecular formula is C8H13N3O3S. The van der Waals surface area contributed by atoms with Gasteiger partial charge in [0.25, 0.3) is 0 Å². The van der Waals surface area contributed by atoms with Crippen LogP contribution in [0, 0.1) is 10.1 Å². The zero-order valence-electron chi connectivity index (χ0n) is 8.34. The zero-order chi connectivity index (χ0) is 11.3. The Bertz CT molecular complexity index is 329. The normalized spacial score (nSPS) is 12.4. The summed E-state index contributed by atoms with van der Waals surface area (Å²) in [7, 11) is 0. The first-order chi connectivity index (χ1) is 7.13. The second-order valence-corrected chi connectivity index (χ2v) is 4.09. The Balaban J connectivity index is 2.40. The number of rotatable bonds is 6. The lowest BCUT2D eigenvalue weighted by atomic mass is 10.2. The minimum absolute atomic E-state index is 0.00230. The van der Waals surface area contributed by atoms with Crippen molar-refractivity contribution >= 4 is 21.5 Å². The van der Waals surface area contributed by atoms with Crippen LogP contribution >= 0.6 is 11.3 Å². The highest BCUT2D eigenvalue weighted by atomic mass is 32.1. The highest BCUT2D eigenvalue weighted by molar-refractivity contribution is 7.18. The fraction of sp³-hybridized carbons (Fsp3) is 0.625. The van der Waals surface area contributed by atoms with Gasteiger partial charge in [0.15, 0.2) is 5.13 Å². The van der Waals surface area contributed by atoms with Gasteiger partial charge in [-0.2, -0.15) is 0 Å². The molecule has 0 bridgehead atoms. The Morgan fingerprint density at radius 3 is 3.07 bits per heavy atom. The van der Waals surface area contributed by atoms with Crippen molar-refractivity contribution in [3.63, 3.8) is 0 Å². The molecule has 7 heteroatoms. The molecule has 0 saturated heterocycles. The van der Waals surface area contributed by atoms with E-state index in [9.17, 15) is 15.2 Å². The molecule has 0 aliphatic carbocycles. The predicted molar refractivity (Wildman–Crippen MR) is 58.2 cm³/mol. The van der Waals surface area contributed by atoms with Crippen LogP contribution in [0.2, 0.25) is 0 Å². The number of nitrogens with one attached hydrogen (secondary N) is 1. The number of aliphatic hydroxyl groups is 1. The Hall–Kier alpha value is -1.21. The summed E-state index contributed by atoms with van der Waals surface area (Å²) in [5.74, 6) is 0. The Morgan fingerprint density at radius 1 is 1.80 bits per heavy atom. The highest BCUT2D eigenvalue weighted by Gasteiger charge is 2.11. The lowest BCUT2D eigenvalue weighted by molar-refractivity contribution is -0.380. The van der Waals surface area contributed by atoms with E-state index >= 15 is 0 Å². The van der Waals surface area contributed by atoms with E-state index in [4.69, 9.17) is 0 Å². The fourth-order valence-electron chi connectivity index (χ4n) is 1.07. The van der Waals surface area contributed by atoms with E-state index < -0.39 is 11.0 Å². The number of hydrogen-bond donors (Lipinski definition) is 2. The van der Waals surface area contributed by atoms with Gasteiger partial charge in [-0.3, -0.25) is 10.1 Å². The molecule has 0 radical (unpaired) electrons. The Kier molecular flexibility index (Phi) is 4.44. The average Bonchev–Trinajstić information content (AvgIpc) is 2.63. The number of aromatic nitrogens is 1. The minimum atomic E-state index is -0.481. The van der Waals surface area contributed by atoms with Crippen molar-refractivity contribution in [2.75, 3.05) is 11.9 Å². The lowest BCUT2D eigenvalue weighted by Gasteiger charge is -2.08. The molecule has 0 aliphatic heterocycles. The molecule has 1 heterocycles. The molecule has 6 nitrogen and oxygen atoms in total. The topological polar surface area (TPSA) is 88.3 Å². The third-order valence-electron chi connectivity index (χ3n) is 1.78. The van der Waals surface area contributed by atoms with E-state index in [-0.39, 0.29) is 5.00 Å². The Morgan fingerprint density at radius 2 is 2.53 bits per heavy atom. The number of thiazole rings is 1. The van der Waals surface area contributed by atoms with Crippen LogP contribution < -0.4 is 5.32 Å². The number of aliphatic hydroxyl groups excluding tert-OH is 1. The maximum Gasteiger partial charge on any atom is 0.345 e. The summed E-state index contributed by atoms with van der Waals surface area (Å²) < 4.78 is 0. The van der Waals surface area contributed by atoms with E-state index in [1.54, 1.807) is 0 Å². The molecule has 15 heavy (non-hydrogen) atoms. The molecule has 2 N–H and O–H groups in total. The van der Waals surface area contributed by atoms with Gasteiger partial charge in [0, 0.05) is 6.54 Å². The second kappa shape index (κ2) is 5.62. The quantitative estimate of drug-likeness (QED) is 0.573. The van der Waals surface area contributed by atoms with Crippen molar-refractivity contribution in [2.24, 2.45) is 0 Å². The van der Waals surface area contributed by atoms with E-state index in [2.05, 4.69) is 10.3 Å². The molecule has 1 aromatic rings. The number of nitro groups is 1. The third kappa shape index (κ3) is 3.80. The van der Waals surface area contributed by atoms with E-state index in [1.807, 2.05) is 6.92 Å². The summed E-state index contributed by atoms with van der Waals surface area (Å²) >= 11 is 0.969. The van der Waals surface area contributed by atoms with Crippen LogP contribution in [0.15, 0.2) is 6.20 Å². The zero-order valence-corrected chi connectivity index (χ0v) is 9.16. The molecule has 0 spiro atoms. The summed E-state index contributed by atoms with van der Waals surface area (Å²) in [6.45, 7) is 2.36. The number of anilines is 1. The van der Waals surface area contributed by atoms with Crippen molar-refractivity contribution < 1.29 is 10.0 Å². The molecule has 0 aromatic carbocycles. The Labute approximate surface area is 91.1 Å². The van der Waals surface area contributed by atoms with E-state index in [1.165, 1.54) is 6.20 Å². The smallest absolute Gasteiger partial charge is 0.345 e. The predicted octanol–water partition coefficient (Wildman–Crippen LogP) is 1.62. The third-order valence-corrected chi connectivity index (χ3v) is 2.69. The second-order valence-electron chi connectivity index (χ2n) is 3.08. The molecule has 1 atom stereocenters. The van der Waals surface area contributed by atoms with Crippen molar-refractivity contribution in [1.82, 2.24) is 4.98 Å². The highest BCUT2D eigenvalue weighted by Crippen LogP contribution is 2.24. The molecule has 1 unspecified atom stereocenters. The molecule has 0 aliphatic rings. The van der Waals surface area contributed by atoms with E-state index in [0.717, 1.165) is 17.8 Å². The molecular weight excluding hydrogens is 218 g/mol. The van der Waals surface area contributed by atoms with E-state index in [0.29, 0.717) is 18.1 Å². The maximum absolute atomic E-state index is 10.4. The largest absolute Gasteiger partial charge is 0.391 e. The number of hydrogen-bond acceptors (Lipinski definition) is 6. The van der Waals surface area contributed by atoms with Crippen LogP contribution in [0.25, 0.3) is 0 Å². The van der Waals surface area contributed by atoms with Gasteiger partial charge in [0.1, 0.15) is 6.20 Å². The van der Waals surface area contributed by atoms with Crippen molar-refractivity contribution in [3.05, 3.63) is 16.3 Å². The van der Waals surface area contributed by atoms with Crippen LogP contribution in [0.4, 0.5) is 10.1 Å². The first-order valence-electron chi connectivity index (χ1n) is 4.65. The molecule has 0 fully saturated rings. The molecule has 84 valence electrons. The van der Waals surface area contributed by atoms with Crippen LogP contribution in [0.1, 0.15) is 19.8 Å². The molecule has 1 aromatic heterocycles. The summed E-state index contributed by atoms with van der Waals surface area (Å²) in [5, 5.41) is 23.1. The monoisotopic (exact) mass is 231 g/mol. The van der Waals surface area contributed by atoms with Gasteiger partial charge in [0.05, 0.1) is 11.0 Å². The van der Waals surface area contributed by atoms with Crippen LogP contribution in [0.5, 0.6) is 0 Å². The molecule has 0 saturated carbocycles. The van der Waals surface area contributed by atoms with Crippen molar-refractivity contribution in [2.45, 2.75) is 25.9 Å². The van der Waals surface area contributed by atoms with Gasteiger partial charge >= 0.3 is 5.00 Å². The van der Waals surface area contributed by atoms with Crippen LogP contribution in [-0.2, 0) is 0 Å². The summed E-state index contributed by atoms with van der Waals surface area (Å²) in [4.78, 5) is 13.7. The van der Waals surface area contributed by atoms with Gasteiger partial charge in [-0.25, -0.2) is 4.98 Å². The summed E-state index contributed by atoms with van der Waals surface area (Å²) in [6.07, 6.45) is 2.39. The standard InChI is InChI=1S/C8H13N3O3S/c1-2-3-6(12)4-9-8-10-5-7(15-8)11(13)14/h5-6,12H,2-4H2,1H3,(H,9,10). The first kappa shape index (κ1) is 11.9. The molecule has 1 rings (SSSR count). The summed E-state index contributed by atoms with van der Waals surface area (Å²) in [5.41, 5.74) is 0. The SMILES string of the molecule is CCCC(O)CNc1ncc([N+](=O)[O-])s1. The van der Waals surface area contributed by atoms with Gasteiger partial charge in [-0.15, -0.1) is 0 Å². The van der Waals surface area contributed by atoms with Gasteiger partial charge in [0.2, 0.25) is 0 Å². The minimum Gasteiger partial charge on any atom is -0.391 e. The van der Waals surface area contributed by atoms with Gasteiger partial charge in [-0.1, -0.05) is 13.3 Å². The lowest BCUT2D eigenvalue weighted by Crippen LogP contribution is -2.18. The van der Waals surface area contributed by atoms with Crippen LogP contribution in [0.3, 0.4) is 0 Å². The average molecular weight is 231 g/mol. The van der Waals surface area contributed by atoms with Crippen molar-refractivity contribution in [3.8, 4) is 0 Å². The van der Waals surface area contributed by atoms with Crippen LogP contribution in [-0.4, -0.2) is 27.7 Å². The first-order valence-corrected chi connectivity index (χ1v) is 5.47. The maximum atomic E-state index is 10.4. The van der Waals surface area contributed by atoms with Gasteiger partial charge < -0.3 is 10.4 Å². The van der Waals surface area contributed by atoms with Crippen molar-refractivity contribution in [1.29, 1.82) is 0 Å². The summed E-state index contributed by atoms with van der Waals surface area (Å²) in [6, 6.07) is 0.